The van der Waals surface area contributed by atoms with Gasteiger partial charge in [-0.15, -0.1) is 11.8 Å². The molecule has 8 heteroatoms. The molecule has 1 N–H and O–H groups in total. The van der Waals surface area contributed by atoms with E-state index >= 15 is 0 Å². The van der Waals surface area contributed by atoms with Crippen molar-refractivity contribution in [3.63, 3.8) is 0 Å². The minimum Gasteiger partial charge on any atom is -0.478 e. The monoisotopic (exact) mass is 400 g/mol. The fourth-order valence-corrected chi connectivity index (χ4v) is 3.60. The number of alkyl halides is 3. The highest BCUT2D eigenvalue weighted by Crippen LogP contribution is 2.45. The molecule has 3 nitrogen and oxygen atoms in total. The molecule has 136 valence electrons. The van der Waals surface area contributed by atoms with Gasteiger partial charge in [-0.05, 0) is 36.1 Å². The Bertz CT molecular complexity index is 909. The number of thioether (sulfide) groups is 1. The molecule has 1 aliphatic heterocycles. The lowest BCUT2D eigenvalue weighted by Crippen LogP contribution is -2.40. The molecule has 0 spiro atoms. The second-order valence-electron chi connectivity index (χ2n) is 5.52. The quantitative estimate of drug-likeness (QED) is 0.689. The first-order valence-corrected chi connectivity index (χ1v) is 8.98. The molecule has 0 bridgehead atoms. The second-order valence-corrected chi connectivity index (χ2v) is 6.80. The van der Waals surface area contributed by atoms with E-state index in [9.17, 15) is 18.0 Å². The Labute approximate surface area is 156 Å². The van der Waals surface area contributed by atoms with Gasteiger partial charge in [-0.3, -0.25) is 0 Å². The van der Waals surface area contributed by atoms with Crippen LogP contribution in [0.15, 0.2) is 46.9 Å². The molecule has 1 atom stereocenters. The minimum absolute atomic E-state index is 0.0387. The number of carbonyl (C=O) groups is 1. The van der Waals surface area contributed by atoms with E-state index in [-0.39, 0.29) is 16.3 Å². The van der Waals surface area contributed by atoms with Gasteiger partial charge in [0.1, 0.15) is 5.75 Å². The van der Waals surface area contributed by atoms with Crippen LogP contribution in [0, 0.1) is 0 Å². The first kappa shape index (κ1) is 18.7. The van der Waals surface area contributed by atoms with Crippen molar-refractivity contribution in [1.82, 2.24) is 0 Å². The van der Waals surface area contributed by atoms with Gasteiger partial charge >= 0.3 is 12.1 Å². The third-order valence-electron chi connectivity index (χ3n) is 3.85. The van der Waals surface area contributed by atoms with Crippen LogP contribution >= 0.6 is 23.4 Å². The van der Waals surface area contributed by atoms with E-state index in [1.807, 2.05) is 18.4 Å². The number of halogens is 4. The molecule has 2 aromatic rings. The van der Waals surface area contributed by atoms with Crippen molar-refractivity contribution in [2.24, 2.45) is 0 Å². The van der Waals surface area contributed by atoms with Gasteiger partial charge in [0.25, 0.3) is 0 Å². The van der Waals surface area contributed by atoms with Gasteiger partial charge in [0.15, 0.2) is 0 Å². The van der Waals surface area contributed by atoms with Crippen LogP contribution in [0.3, 0.4) is 0 Å². The lowest BCUT2D eigenvalue weighted by atomic mass is 9.95. The molecule has 0 aromatic heterocycles. The van der Waals surface area contributed by atoms with Gasteiger partial charge < -0.3 is 9.84 Å². The molecular formula is C18H12ClF3O3S. The average molecular weight is 401 g/mol. The van der Waals surface area contributed by atoms with Gasteiger partial charge in [-0.2, -0.15) is 13.2 Å². The van der Waals surface area contributed by atoms with E-state index in [1.54, 1.807) is 12.1 Å². The summed E-state index contributed by atoms with van der Waals surface area (Å²) >= 11 is 7.55. The maximum absolute atomic E-state index is 13.3. The van der Waals surface area contributed by atoms with Crippen LogP contribution in [0.2, 0.25) is 5.02 Å². The normalized spacial score (nSPS) is 16.5. The van der Waals surface area contributed by atoms with Crippen LogP contribution in [0.5, 0.6) is 5.75 Å². The van der Waals surface area contributed by atoms with Gasteiger partial charge in [0.2, 0.25) is 6.10 Å². The highest BCUT2D eigenvalue weighted by Gasteiger charge is 2.48. The second kappa shape index (κ2) is 6.89. The predicted octanol–water partition coefficient (Wildman–Crippen LogP) is 5.52. The summed E-state index contributed by atoms with van der Waals surface area (Å²) in [6.07, 6.45) is -4.60. The molecule has 0 radical (unpaired) electrons. The highest BCUT2D eigenvalue weighted by molar-refractivity contribution is 7.98. The number of hydrogen-bond acceptors (Lipinski definition) is 3. The number of ether oxygens (including phenoxy) is 1. The zero-order valence-corrected chi connectivity index (χ0v) is 14.9. The number of carboxylic acid groups (broad SMARTS) is 1. The van der Waals surface area contributed by atoms with Crippen LogP contribution in [-0.2, 0) is 4.79 Å². The van der Waals surface area contributed by atoms with Gasteiger partial charge in [-0.25, -0.2) is 4.79 Å². The minimum atomic E-state index is -4.86. The average Bonchev–Trinajstić information content (AvgIpc) is 2.58. The Morgan fingerprint density at radius 1 is 1.23 bits per heavy atom. The van der Waals surface area contributed by atoms with Crippen LogP contribution < -0.4 is 4.74 Å². The van der Waals surface area contributed by atoms with E-state index in [0.29, 0.717) is 11.1 Å². The Balaban J connectivity index is 2.26. The summed E-state index contributed by atoms with van der Waals surface area (Å²) in [6, 6.07) is 10.1. The van der Waals surface area contributed by atoms with E-state index < -0.39 is 23.8 Å². The summed E-state index contributed by atoms with van der Waals surface area (Å²) in [7, 11) is 0. The smallest absolute Gasteiger partial charge is 0.430 e. The lowest BCUT2D eigenvalue weighted by molar-refractivity contribution is -0.187. The molecule has 1 heterocycles. The van der Waals surface area contributed by atoms with E-state index in [2.05, 4.69) is 0 Å². The molecule has 0 saturated heterocycles. The Kier molecular flexibility index (Phi) is 4.94. The summed E-state index contributed by atoms with van der Waals surface area (Å²) in [5, 5.41) is 9.42. The largest absolute Gasteiger partial charge is 0.478 e. The summed E-state index contributed by atoms with van der Waals surface area (Å²) < 4.78 is 45.2. The van der Waals surface area contributed by atoms with Gasteiger partial charge in [0.05, 0.1) is 5.57 Å². The molecule has 0 amide bonds. The number of carboxylic acids is 1. The first-order valence-electron chi connectivity index (χ1n) is 7.37. The maximum atomic E-state index is 13.3. The highest BCUT2D eigenvalue weighted by atomic mass is 35.5. The third kappa shape index (κ3) is 3.41. The van der Waals surface area contributed by atoms with Crippen LogP contribution in [-0.4, -0.2) is 29.6 Å². The SMILES string of the molecule is CSc1ccccc1-c1cc(Cl)cc2c1OC(C(F)(F)F)C(C(=O)O)=C2. The van der Waals surface area contributed by atoms with Crippen molar-refractivity contribution < 1.29 is 27.8 Å². The Hall–Kier alpha value is -2.12. The fourth-order valence-electron chi connectivity index (χ4n) is 2.76. The van der Waals surface area contributed by atoms with E-state index in [1.165, 1.54) is 23.9 Å². The molecule has 0 saturated carbocycles. The maximum Gasteiger partial charge on any atom is 0.430 e. The fraction of sp³-hybridized carbons (Fsp3) is 0.167. The lowest BCUT2D eigenvalue weighted by Gasteiger charge is -2.29. The van der Waals surface area contributed by atoms with Crippen molar-refractivity contribution in [1.29, 1.82) is 0 Å². The standard InChI is InChI=1S/C18H12ClF3O3S/c1-26-14-5-3-2-4-11(14)12-8-10(19)6-9-7-13(17(23)24)16(18(20,21)22)25-15(9)12/h2-8,16H,1H3,(H,23,24). The number of aliphatic carboxylic acids is 1. The number of rotatable bonds is 3. The number of fused-ring (bicyclic) bond motifs is 1. The topological polar surface area (TPSA) is 46.5 Å². The molecule has 3 rings (SSSR count). The van der Waals surface area contributed by atoms with Crippen molar-refractivity contribution >= 4 is 35.4 Å². The van der Waals surface area contributed by atoms with Crippen LogP contribution in [0.1, 0.15) is 5.56 Å². The van der Waals surface area contributed by atoms with Crippen LogP contribution in [0.4, 0.5) is 13.2 Å². The van der Waals surface area contributed by atoms with Gasteiger partial charge in [-0.1, -0.05) is 29.8 Å². The molecular weight excluding hydrogens is 389 g/mol. The van der Waals surface area contributed by atoms with E-state index in [4.69, 9.17) is 21.4 Å². The summed E-state index contributed by atoms with van der Waals surface area (Å²) in [5.74, 6) is -1.73. The molecule has 1 unspecified atom stereocenters. The first-order chi connectivity index (χ1) is 12.2. The molecule has 0 fully saturated rings. The Morgan fingerprint density at radius 2 is 1.92 bits per heavy atom. The molecule has 0 aliphatic carbocycles. The number of hydrogen-bond donors (Lipinski definition) is 1. The van der Waals surface area contributed by atoms with Crippen molar-refractivity contribution in [3.8, 4) is 16.9 Å². The van der Waals surface area contributed by atoms with Crippen molar-refractivity contribution in [3.05, 3.63) is 52.6 Å². The third-order valence-corrected chi connectivity index (χ3v) is 4.87. The molecule has 26 heavy (non-hydrogen) atoms. The summed E-state index contributed by atoms with van der Waals surface area (Å²) in [4.78, 5) is 12.1. The Morgan fingerprint density at radius 3 is 2.54 bits per heavy atom. The zero-order valence-electron chi connectivity index (χ0n) is 13.3. The zero-order chi connectivity index (χ0) is 19.1. The van der Waals surface area contributed by atoms with Crippen molar-refractivity contribution in [2.75, 3.05) is 6.26 Å². The predicted molar refractivity (Wildman–Crippen MR) is 94.8 cm³/mol. The van der Waals surface area contributed by atoms with Crippen molar-refractivity contribution in [2.45, 2.75) is 17.2 Å². The van der Waals surface area contributed by atoms with Crippen LogP contribution in [0.25, 0.3) is 17.2 Å². The molecule has 2 aromatic carbocycles. The summed E-state index contributed by atoms with van der Waals surface area (Å²) in [5.41, 5.74) is 0.358. The number of benzene rings is 2. The van der Waals surface area contributed by atoms with Gasteiger partial charge in [0, 0.05) is 21.0 Å². The molecule has 1 aliphatic rings. The van der Waals surface area contributed by atoms with E-state index in [0.717, 1.165) is 11.0 Å². The summed E-state index contributed by atoms with van der Waals surface area (Å²) in [6.45, 7) is 0.